The van der Waals surface area contributed by atoms with Gasteiger partial charge in [0.25, 0.3) is 0 Å². The van der Waals surface area contributed by atoms with Crippen molar-refractivity contribution in [3.63, 3.8) is 0 Å². The van der Waals surface area contributed by atoms with Gasteiger partial charge >= 0.3 is 0 Å². The zero-order chi connectivity index (χ0) is 8.13. The molecule has 2 heteroatoms. The van der Waals surface area contributed by atoms with E-state index in [4.69, 9.17) is 10.5 Å². The molecule has 0 bridgehead atoms. The summed E-state index contributed by atoms with van der Waals surface area (Å²) in [7, 11) is 0. The lowest BCUT2D eigenvalue weighted by Gasteiger charge is -2.14. The third kappa shape index (κ3) is 0.681. The summed E-state index contributed by atoms with van der Waals surface area (Å²) < 4.78 is 5.57. The maximum absolute atomic E-state index is 5.91. The first-order chi connectivity index (χ1) is 5.88. The molecule has 1 fully saturated rings. The summed E-state index contributed by atoms with van der Waals surface area (Å²) in [5.74, 6) is 2.20. The van der Waals surface area contributed by atoms with Gasteiger partial charge in [-0.1, -0.05) is 18.2 Å². The lowest BCUT2D eigenvalue weighted by molar-refractivity contribution is 0.277. The Morgan fingerprint density at radius 2 is 2.17 bits per heavy atom. The molecule has 62 valence electrons. The number of rotatable bonds is 0. The van der Waals surface area contributed by atoms with E-state index in [1.54, 1.807) is 0 Å². The quantitative estimate of drug-likeness (QED) is 0.618. The summed E-state index contributed by atoms with van der Waals surface area (Å²) >= 11 is 0. The van der Waals surface area contributed by atoms with Gasteiger partial charge in [-0.15, -0.1) is 0 Å². The Bertz CT molecular complexity index is 323. The second kappa shape index (κ2) is 2.02. The highest BCUT2D eigenvalue weighted by atomic mass is 16.5. The van der Waals surface area contributed by atoms with Gasteiger partial charge in [0.15, 0.2) is 0 Å². The van der Waals surface area contributed by atoms with Crippen LogP contribution in [0.15, 0.2) is 24.3 Å². The van der Waals surface area contributed by atoms with Crippen molar-refractivity contribution in [1.82, 2.24) is 0 Å². The van der Waals surface area contributed by atoms with E-state index in [0.29, 0.717) is 17.9 Å². The van der Waals surface area contributed by atoms with Crippen molar-refractivity contribution in [3.05, 3.63) is 29.8 Å². The normalized spacial score (nSPS) is 36.2. The molecular weight excluding hydrogens is 150 g/mol. The average Bonchev–Trinajstić information content (AvgIpc) is 2.78. The number of ether oxygens (including phenoxy) is 1. The van der Waals surface area contributed by atoms with E-state index in [0.717, 1.165) is 12.4 Å². The van der Waals surface area contributed by atoms with E-state index in [1.165, 1.54) is 5.56 Å². The van der Waals surface area contributed by atoms with Crippen molar-refractivity contribution in [2.24, 2.45) is 11.7 Å². The molecule has 12 heavy (non-hydrogen) atoms. The third-order valence-electron chi connectivity index (χ3n) is 2.94. The second-order valence-corrected chi connectivity index (χ2v) is 3.62. The van der Waals surface area contributed by atoms with Gasteiger partial charge in [-0.2, -0.15) is 0 Å². The summed E-state index contributed by atoms with van der Waals surface area (Å²) in [6.07, 6.45) is 0. The van der Waals surface area contributed by atoms with Crippen LogP contribution in [0.3, 0.4) is 0 Å². The highest BCUT2D eigenvalue weighted by molar-refractivity contribution is 5.44. The first kappa shape index (κ1) is 6.49. The Balaban J connectivity index is 2.10. The Kier molecular flexibility index (Phi) is 1.09. The molecule has 1 aromatic rings. The Morgan fingerprint density at radius 1 is 1.33 bits per heavy atom. The Labute approximate surface area is 71.3 Å². The minimum Gasteiger partial charge on any atom is -0.493 e. The number of nitrogens with two attached hydrogens (primary N) is 1. The van der Waals surface area contributed by atoms with Crippen LogP contribution in [0.1, 0.15) is 11.5 Å². The molecule has 0 aromatic heterocycles. The standard InChI is InChI=1S/C10H11NO/c11-10-7-5-12-8-4-2-1-3-6(8)9(7)10/h1-4,7,9-10H,5,11H2/t7-,9+,10-/m0/s1. The van der Waals surface area contributed by atoms with Crippen LogP contribution in [-0.4, -0.2) is 12.6 Å². The van der Waals surface area contributed by atoms with Crippen LogP contribution in [0.5, 0.6) is 5.75 Å². The Morgan fingerprint density at radius 3 is 3.08 bits per heavy atom. The average molecular weight is 161 g/mol. The number of hydrogen-bond donors (Lipinski definition) is 1. The smallest absolute Gasteiger partial charge is 0.122 e. The predicted molar refractivity (Wildman–Crippen MR) is 46.1 cm³/mol. The fourth-order valence-electron chi connectivity index (χ4n) is 2.13. The van der Waals surface area contributed by atoms with Crippen LogP contribution in [0, 0.1) is 5.92 Å². The maximum atomic E-state index is 5.91. The molecule has 3 atom stereocenters. The monoisotopic (exact) mass is 161 g/mol. The largest absolute Gasteiger partial charge is 0.493 e. The summed E-state index contributed by atoms with van der Waals surface area (Å²) in [6.45, 7) is 0.808. The number of fused-ring (bicyclic) bond motifs is 3. The third-order valence-corrected chi connectivity index (χ3v) is 2.94. The molecule has 0 amide bonds. The van der Waals surface area contributed by atoms with Gasteiger partial charge in [0.1, 0.15) is 5.75 Å². The molecule has 0 spiro atoms. The lowest BCUT2D eigenvalue weighted by Crippen LogP contribution is -2.09. The molecule has 2 aliphatic rings. The topological polar surface area (TPSA) is 35.2 Å². The van der Waals surface area contributed by atoms with Crippen molar-refractivity contribution in [2.75, 3.05) is 6.61 Å². The SMILES string of the molecule is N[C@H]1[C@H]2COc3ccccc3[C@@H]12. The first-order valence-electron chi connectivity index (χ1n) is 4.35. The number of hydrogen-bond acceptors (Lipinski definition) is 2. The number of benzene rings is 1. The summed E-state index contributed by atoms with van der Waals surface area (Å²) in [5.41, 5.74) is 7.21. The minimum absolute atomic E-state index is 0.341. The molecule has 1 aliphatic heterocycles. The molecule has 0 unspecified atom stereocenters. The fourth-order valence-corrected chi connectivity index (χ4v) is 2.13. The fraction of sp³-hybridized carbons (Fsp3) is 0.400. The molecule has 1 aromatic carbocycles. The highest BCUT2D eigenvalue weighted by Gasteiger charge is 2.52. The van der Waals surface area contributed by atoms with Gasteiger partial charge < -0.3 is 10.5 Å². The lowest BCUT2D eigenvalue weighted by atomic mass is 10.1. The molecule has 1 aliphatic carbocycles. The molecule has 2 N–H and O–H groups in total. The van der Waals surface area contributed by atoms with Gasteiger partial charge in [0, 0.05) is 17.9 Å². The summed E-state index contributed by atoms with van der Waals surface area (Å²) in [5, 5.41) is 0. The van der Waals surface area contributed by atoms with Crippen molar-refractivity contribution >= 4 is 0 Å². The molecule has 2 nitrogen and oxygen atoms in total. The van der Waals surface area contributed by atoms with Crippen LogP contribution in [0.25, 0.3) is 0 Å². The van der Waals surface area contributed by atoms with Crippen LogP contribution < -0.4 is 10.5 Å². The van der Waals surface area contributed by atoms with Crippen LogP contribution in [0.4, 0.5) is 0 Å². The zero-order valence-electron chi connectivity index (χ0n) is 6.73. The second-order valence-electron chi connectivity index (χ2n) is 3.62. The van der Waals surface area contributed by atoms with E-state index in [-0.39, 0.29) is 0 Å². The van der Waals surface area contributed by atoms with Gasteiger partial charge in [-0.25, -0.2) is 0 Å². The van der Waals surface area contributed by atoms with E-state index < -0.39 is 0 Å². The molecule has 0 saturated heterocycles. The highest BCUT2D eigenvalue weighted by Crippen LogP contribution is 2.52. The summed E-state index contributed by atoms with van der Waals surface area (Å²) in [4.78, 5) is 0. The van der Waals surface area contributed by atoms with Crippen LogP contribution in [-0.2, 0) is 0 Å². The molecule has 3 rings (SSSR count). The van der Waals surface area contributed by atoms with Gasteiger partial charge in [0.2, 0.25) is 0 Å². The van der Waals surface area contributed by atoms with Gasteiger partial charge in [-0.3, -0.25) is 0 Å². The minimum atomic E-state index is 0.341. The van der Waals surface area contributed by atoms with E-state index in [2.05, 4.69) is 12.1 Å². The molecular formula is C10H11NO. The van der Waals surface area contributed by atoms with Crippen molar-refractivity contribution < 1.29 is 4.74 Å². The molecule has 1 saturated carbocycles. The van der Waals surface area contributed by atoms with E-state index in [1.807, 2.05) is 12.1 Å². The van der Waals surface area contributed by atoms with Crippen LogP contribution >= 0.6 is 0 Å². The van der Waals surface area contributed by atoms with Crippen molar-refractivity contribution in [2.45, 2.75) is 12.0 Å². The number of para-hydroxylation sites is 1. The van der Waals surface area contributed by atoms with Crippen LogP contribution in [0.2, 0.25) is 0 Å². The first-order valence-corrected chi connectivity index (χ1v) is 4.35. The maximum Gasteiger partial charge on any atom is 0.122 e. The van der Waals surface area contributed by atoms with Gasteiger partial charge in [-0.05, 0) is 11.6 Å². The van der Waals surface area contributed by atoms with E-state index >= 15 is 0 Å². The van der Waals surface area contributed by atoms with E-state index in [9.17, 15) is 0 Å². The van der Waals surface area contributed by atoms with Crippen molar-refractivity contribution in [3.8, 4) is 5.75 Å². The molecule has 1 heterocycles. The summed E-state index contributed by atoms with van der Waals surface area (Å²) in [6, 6.07) is 8.55. The van der Waals surface area contributed by atoms with Crippen molar-refractivity contribution in [1.29, 1.82) is 0 Å². The van der Waals surface area contributed by atoms with Gasteiger partial charge in [0.05, 0.1) is 6.61 Å². The zero-order valence-corrected chi connectivity index (χ0v) is 6.73. The predicted octanol–water partition coefficient (Wildman–Crippen LogP) is 1.12. The molecule has 0 radical (unpaired) electrons. The Hall–Kier alpha value is -1.02.